The monoisotopic (exact) mass is 291 g/mol. The quantitative estimate of drug-likeness (QED) is 0.811. The van der Waals surface area contributed by atoms with Crippen molar-refractivity contribution >= 4 is 29.2 Å². The molecule has 2 aromatic rings. The number of hydrogen-bond acceptors (Lipinski definition) is 3. The first-order chi connectivity index (χ1) is 9.49. The lowest BCUT2D eigenvalue weighted by atomic mass is 10.1. The van der Waals surface area contributed by atoms with E-state index in [1.807, 2.05) is 0 Å². The Morgan fingerprint density at radius 3 is 2.45 bits per heavy atom. The van der Waals surface area contributed by atoms with Gasteiger partial charge in [-0.3, -0.25) is 4.79 Å². The second kappa shape index (κ2) is 5.63. The van der Waals surface area contributed by atoms with Gasteiger partial charge in [0.25, 0.3) is 5.91 Å². The maximum atomic E-state index is 12.0. The van der Waals surface area contributed by atoms with E-state index in [4.69, 9.17) is 16.7 Å². The van der Waals surface area contributed by atoms with Crippen LogP contribution in [-0.2, 0) is 0 Å². The molecule has 6 heteroatoms. The molecule has 20 heavy (non-hydrogen) atoms. The van der Waals surface area contributed by atoms with Gasteiger partial charge in [0.1, 0.15) is 5.75 Å². The van der Waals surface area contributed by atoms with Gasteiger partial charge in [-0.15, -0.1) is 0 Å². The first-order valence-electron chi connectivity index (χ1n) is 5.61. The Morgan fingerprint density at radius 2 is 1.80 bits per heavy atom. The molecule has 3 N–H and O–H groups in total. The molecule has 2 rings (SSSR count). The summed E-state index contributed by atoms with van der Waals surface area (Å²) in [7, 11) is 0. The normalized spacial score (nSPS) is 10.1. The van der Waals surface area contributed by atoms with E-state index >= 15 is 0 Å². The fraction of sp³-hybridized carbons (Fsp3) is 0. The second-order valence-electron chi connectivity index (χ2n) is 3.97. The van der Waals surface area contributed by atoms with E-state index in [0.29, 0.717) is 0 Å². The number of hydrogen-bond donors (Lipinski definition) is 3. The van der Waals surface area contributed by atoms with Crippen LogP contribution < -0.4 is 5.32 Å². The molecule has 0 fully saturated rings. The van der Waals surface area contributed by atoms with Crippen molar-refractivity contribution in [2.45, 2.75) is 0 Å². The van der Waals surface area contributed by atoms with E-state index in [1.165, 1.54) is 30.3 Å². The van der Waals surface area contributed by atoms with Crippen molar-refractivity contribution in [3.8, 4) is 5.75 Å². The predicted octanol–water partition coefficient (Wildman–Crippen LogP) is 3.00. The van der Waals surface area contributed by atoms with Crippen molar-refractivity contribution in [1.29, 1.82) is 0 Å². The van der Waals surface area contributed by atoms with Gasteiger partial charge in [-0.25, -0.2) is 4.79 Å². The lowest BCUT2D eigenvalue weighted by Gasteiger charge is -2.09. The molecular weight excluding hydrogens is 282 g/mol. The molecule has 0 aliphatic rings. The van der Waals surface area contributed by atoms with E-state index in [2.05, 4.69) is 5.32 Å². The first kappa shape index (κ1) is 13.9. The molecule has 0 bridgehead atoms. The van der Waals surface area contributed by atoms with Gasteiger partial charge in [0, 0.05) is 0 Å². The molecule has 0 spiro atoms. The third-order valence-corrected chi connectivity index (χ3v) is 2.94. The van der Waals surface area contributed by atoms with Crippen LogP contribution in [0.3, 0.4) is 0 Å². The number of carboxylic acid groups (broad SMARTS) is 1. The minimum atomic E-state index is -1.13. The summed E-state index contributed by atoms with van der Waals surface area (Å²) in [4.78, 5) is 22.9. The van der Waals surface area contributed by atoms with Crippen molar-refractivity contribution in [1.82, 2.24) is 0 Å². The highest BCUT2D eigenvalue weighted by Gasteiger charge is 2.13. The molecule has 0 unspecified atom stereocenters. The van der Waals surface area contributed by atoms with Gasteiger partial charge < -0.3 is 15.5 Å². The van der Waals surface area contributed by atoms with E-state index < -0.39 is 11.9 Å². The summed E-state index contributed by atoms with van der Waals surface area (Å²) in [6, 6.07) is 9.98. The number of amides is 1. The van der Waals surface area contributed by atoms with Gasteiger partial charge in [-0.2, -0.15) is 0 Å². The minimum absolute atomic E-state index is 0.00184. The third kappa shape index (κ3) is 2.89. The van der Waals surface area contributed by atoms with E-state index in [-0.39, 0.29) is 27.6 Å². The van der Waals surface area contributed by atoms with Crippen LogP contribution in [0.2, 0.25) is 5.02 Å². The summed E-state index contributed by atoms with van der Waals surface area (Å²) in [6.45, 7) is 0. The Morgan fingerprint density at radius 1 is 1.10 bits per heavy atom. The van der Waals surface area contributed by atoms with Gasteiger partial charge in [0.05, 0.1) is 21.8 Å². The molecule has 1 amide bonds. The average Bonchev–Trinajstić information content (AvgIpc) is 2.41. The van der Waals surface area contributed by atoms with Crippen LogP contribution in [0.25, 0.3) is 0 Å². The smallest absolute Gasteiger partial charge is 0.335 e. The van der Waals surface area contributed by atoms with Crippen molar-refractivity contribution in [3.63, 3.8) is 0 Å². The van der Waals surface area contributed by atoms with Crippen molar-refractivity contribution in [2.24, 2.45) is 0 Å². The first-order valence-corrected chi connectivity index (χ1v) is 5.99. The summed E-state index contributed by atoms with van der Waals surface area (Å²) in [6.07, 6.45) is 0. The number of benzene rings is 2. The molecule has 5 nitrogen and oxygen atoms in total. The van der Waals surface area contributed by atoms with Gasteiger partial charge in [-0.05, 0) is 30.3 Å². The van der Waals surface area contributed by atoms with Gasteiger partial charge >= 0.3 is 5.97 Å². The molecule has 0 aliphatic heterocycles. The third-order valence-electron chi connectivity index (χ3n) is 2.61. The fourth-order valence-corrected chi connectivity index (χ4v) is 1.77. The Labute approximate surface area is 119 Å². The number of aromatic carboxylic acids is 1. The molecule has 0 atom stereocenters. The highest BCUT2D eigenvalue weighted by molar-refractivity contribution is 6.34. The minimum Gasteiger partial charge on any atom is -0.507 e. The number of carbonyl (C=O) groups is 2. The van der Waals surface area contributed by atoms with Crippen LogP contribution in [0, 0.1) is 0 Å². The number of anilines is 1. The molecule has 0 saturated carbocycles. The molecule has 2 aromatic carbocycles. The fourth-order valence-electron chi connectivity index (χ4n) is 1.61. The van der Waals surface area contributed by atoms with E-state index in [1.54, 1.807) is 12.1 Å². The van der Waals surface area contributed by atoms with Crippen molar-refractivity contribution in [3.05, 3.63) is 58.6 Å². The number of aromatic hydroxyl groups is 1. The molecule has 0 saturated heterocycles. The van der Waals surface area contributed by atoms with Crippen LogP contribution in [0.15, 0.2) is 42.5 Å². The zero-order chi connectivity index (χ0) is 14.7. The summed E-state index contributed by atoms with van der Waals surface area (Å²) in [5.74, 6) is -1.87. The molecule has 102 valence electrons. The van der Waals surface area contributed by atoms with Gasteiger partial charge in [0.15, 0.2) is 0 Å². The number of phenolic OH excluding ortho intramolecular Hbond substituents is 1. The van der Waals surface area contributed by atoms with Crippen molar-refractivity contribution < 1.29 is 19.8 Å². The average molecular weight is 292 g/mol. The van der Waals surface area contributed by atoms with Crippen molar-refractivity contribution in [2.75, 3.05) is 5.32 Å². The van der Waals surface area contributed by atoms with E-state index in [9.17, 15) is 14.7 Å². The number of halogens is 1. The molecular formula is C14H10ClNO4. The van der Waals surface area contributed by atoms with Crippen LogP contribution in [0.4, 0.5) is 5.69 Å². The van der Waals surface area contributed by atoms with Crippen LogP contribution in [0.1, 0.15) is 20.7 Å². The number of para-hydroxylation sites is 1. The molecule has 0 aromatic heterocycles. The van der Waals surface area contributed by atoms with Crippen LogP contribution in [-0.4, -0.2) is 22.1 Å². The maximum Gasteiger partial charge on any atom is 0.335 e. The number of rotatable bonds is 3. The highest BCUT2D eigenvalue weighted by atomic mass is 35.5. The van der Waals surface area contributed by atoms with Gasteiger partial charge in [-0.1, -0.05) is 23.7 Å². The molecule has 0 aliphatic carbocycles. The highest BCUT2D eigenvalue weighted by Crippen LogP contribution is 2.25. The summed E-state index contributed by atoms with van der Waals surface area (Å²) in [5, 5.41) is 21.2. The topological polar surface area (TPSA) is 86.6 Å². The Bertz CT molecular complexity index is 685. The number of nitrogens with one attached hydrogen (secondary N) is 1. The molecule has 0 heterocycles. The summed E-state index contributed by atoms with van der Waals surface area (Å²) in [5.41, 5.74) is 0.242. The summed E-state index contributed by atoms with van der Waals surface area (Å²) >= 11 is 5.90. The summed E-state index contributed by atoms with van der Waals surface area (Å²) < 4.78 is 0. The maximum absolute atomic E-state index is 12.0. The van der Waals surface area contributed by atoms with Crippen LogP contribution in [0.5, 0.6) is 5.75 Å². The Kier molecular flexibility index (Phi) is 3.91. The zero-order valence-corrected chi connectivity index (χ0v) is 10.9. The largest absolute Gasteiger partial charge is 0.507 e. The number of carboxylic acids is 1. The predicted molar refractivity (Wildman–Crippen MR) is 74.5 cm³/mol. The van der Waals surface area contributed by atoms with Gasteiger partial charge in [0.2, 0.25) is 0 Å². The zero-order valence-electron chi connectivity index (χ0n) is 10.1. The lowest BCUT2D eigenvalue weighted by molar-refractivity contribution is 0.0696. The number of phenols is 1. The lowest BCUT2D eigenvalue weighted by Crippen LogP contribution is -2.13. The second-order valence-corrected chi connectivity index (χ2v) is 4.38. The number of carbonyl (C=O) groups excluding carboxylic acids is 1. The standard InChI is InChI=1S/C14H10ClNO4/c15-10-6-5-8(14(19)20)7-11(10)16-13(18)9-3-1-2-4-12(9)17/h1-7,17H,(H,16,18)(H,19,20). The Hall–Kier alpha value is -2.53. The van der Waals surface area contributed by atoms with Crippen LogP contribution >= 0.6 is 11.6 Å². The molecule has 0 radical (unpaired) electrons. The Balaban J connectivity index is 2.30. The van der Waals surface area contributed by atoms with E-state index in [0.717, 1.165) is 0 Å². The SMILES string of the molecule is O=C(O)c1ccc(Cl)c(NC(=O)c2ccccc2O)c1.